The number of carboxylic acid groups (broad SMARTS) is 1. The highest BCUT2D eigenvalue weighted by atomic mass is 35.5. The number of hydrogen-bond donors (Lipinski definition) is 4. The predicted molar refractivity (Wildman–Crippen MR) is 138 cm³/mol. The van der Waals surface area contributed by atoms with Gasteiger partial charge in [-0.15, -0.1) is 11.3 Å². The van der Waals surface area contributed by atoms with E-state index >= 15 is 0 Å². The number of hydrogen-bond acceptors (Lipinski definition) is 4. The molecule has 0 radical (unpaired) electrons. The molecule has 3 rings (SSSR count). The minimum absolute atomic E-state index is 0.110. The predicted octanol–water partition coefficient (Wildman–Crippen LogP) is 6.98. The summed E-state index contributed by atoms with van der Waals surface area (Å²) < 4.78 is 0. The van der Waals surface area contributed by atoms with Crippen LogP contribution in [0.1, 0.15) is 74.0 Å². The Balaban J connectivity index is 1.84. The van der Waals surface area contributed by atoms with Crippen molar-refractivity contribution in [3.8, 4) is 0 Å². The molecule has 1 heterocycles. The number of para-hydroxylation sites is 1. The van der Waals surface area contributed by atoms with Gasteiger partial charge in [0.2, 0.25) is 0 Å². The maximum atomic E-state index is 13.3. The van der Waals surface area contributed by atoms with Gasteiger partial charge in [0.1, 0.15) is 11.0 Å². The Labute approximate surface area is 213 Å². The van der Waals surface area contributed by atoms with Crippen LogP contribution >= 0.6 is 34.5 Å². The van der Waals surface area contributed by atoms with Gasteiger partial charge in [-0.05, 0) is 42.4 Å². The van der Waals surface area contributed by atoms with E-state index in [0.29, 0.717) is 5.00 Å². The van der Waals surface area contributed by atoms with Crippen LogP contribution in [0.2, 0.25) is 10.0 Å². The van der Waals surface area contributed by atoms with Gasteiger partial charge in [0.05, 0.1) is 21.3 Å². The van der Waals surface area contributed by atoms with Crippen molar-refractivity contribution in [2.45, 2.75) is 64.8 Å². The van der Waals surface area contributed by atoms with E-state index in [1.807, 2.05) is 20.8 Å². The Hall–Kier alpha value is -2.29. The van der Waals surface area contributed by atoms with Crippen molar-refractivity contribution in [1.29, 1.82) is 0 Å². The number of carboxylic acids is 1. The number of rotatable bonds is 7. The van der Waals surface area contributed by atoms with E-state index in [-0.39, 0.29) is 27.2 Å². The van der Waals surface area contributed by atoms with Crippen LogP contribution in [0.3, 0.4) is 0 Å². The Morgan fingerprint density at radius 2 is 1.68 bits per heavy atom. The first-order valence-corrected chi connectivity index (χ1v) is 12.8. The van der Waals surface area contributed by atoms with Crippen molar-refractivity contribution >= 4 is 63.1 Å². The summed E-state index contributed by atoms with van der Waals surface area (Å²) in [5.41, 5.74) is -0.0477. The lowest BCUT2D eigenvalue weighted by Crippen LogP contribution is -2.52. The third-order valence-corrected chi connectivity index (χ3v) is 8.19. The SMILES string of the molecule is CC(C)c1cc(C(=O)N[C@H](C(=O)O)C2(C)CCCCC2)c(NC(=O)Nc2c(Cl)cccc2Cl)s1. The second-order valence-electron chi connectivity index (χ2n) is 9.18. The van der Waals surface area contributed by atoms with E-state index in [1.54, 1.807) is 24.3 Å². The highest BCUT2D eigenvalue weighted by Gasteiger charge is 2.41. The van der Waals surface area contributed by atoms with Gasteiger partial charge in [0.25, 0.3) is 5.91 Å². The molecule has 1 aliphatic carbocycles. The second kappa shape index (κ2) is 11.0. The third-order valence-electron chi connectivity index (χ3n) is 6.21. The van der Waals surface area contributed by atoms with E-state index < -0.39 is 29.4 Å². The maximum absolute atomic E-state index is 13.3. The molecule has 1 fully saturated rings. The van der Waals surface area contributed by atoms with Gasteiger partial charge in [-0.1, -0.05) is 69.3 Å². The van der Waals surface area contributed by atoms with E-state index in [9.17, 15) is 19.5 Å². The molecule has 3 amide bonds. The molecule has 0 spiro atoms. The first kappa shape index (κ1) is 26.3. The van der Waals surface area contributed by atoms with Gasteiger partial charge in [0, 0.05) is 4.88 Å². The number of nitrogens with one attached hydrogen (secondary N) is 3. The minimum atomic E-state index is -1.06. The van der Waals surface area contributed by atoms with Gasteiger partial charge < -0.3 is 15.7 Å². The van der Waals surface area contributed by atoms with E-state index in [4.69, 9.17) is 23.2 Å². The summed E-state index contributed by atoms with van der Waals surface area (Å²) in [6.45, 7) is 5.87. The molecule has 4 N–H and O–H groups in total. The van der Waals surface area contributed by atoms with Gasteiger partial charge in [-0.3, -0.25) is 10.1 Å². The Bertz CT molecular complexity index is 1060. The fraction of sp³-hybridized carbons (Fsp3) is 0.458. The highest BCUT2D eigenvalue weighted by Crippen LogP contribution is 2.40. The van der Waals surface area contributed by atoms with Crippen molar-refractivity contribution in [2.75, 3.05) is 10.6 Å². The molecule has 10 heteroatoms. The average molecular weight is 526 g/mol. The minimum Gasteiger partial charge on any atom is -0.480 e. The summed E-state index contributed by atoms with van der Waals surface area (Å²) in [4.78, 5) is 39.0. The van der Waals surface area contributed by atoms with E-state index in [0.717, 1.165) is 37.0 Å². The number of aliphatic carboxylic acids is 1. The average Bonchev–Trinajstić information content (AvgIpc) is 3.19. The molecular formula is C24H29Cl2N3O4S. The number of anilines is 2. The van der Waals surface area contributed by atoms with Crippen molar-refractivity contribution in [2.24, 2.45) is 5.41 Å². The number of halogens is 2. The molecule has 1 aromatic carbocycles. The molecule has 0 unspecified atom stereocenters. The topological polar surface area (TPSA) is 108 Å². The van der Waals surface area contributed by atoms with Crippen molar-refractivity contribution in [3.63, 3.8) is 0 Å². The standard InChI is InChI=1S/C24H29Cl2N3O4S/c1-13(2)17-12-14(20(30)28-19(22(31)32)24(3)10-5-4-6-11-24)21(34-17)29-23(33)27-18-15(25)8-7-9-16(18)26/h7-9,12-13,19H,4-6,10-11H2,1-3H3,(H,28,30)(H,31,32)(H2,27,29,33)/t19-/m1/s1. The molecule has 7 nitrogen and oxygen atoms in total. The Kier molecular flexibility index (Phi) is 8.49. The van der Waals surface area contributed by atoms with Crippen LogP contribution in [0, 0.1) is 5.41 Å². The summed E-state index contributed by atoms with van der Waals surface area (Å²) in [6, 6.07) is 4.92. The van der Waals surface area contributed by atoms with Crippen LogP contribution in [-0.4, -0.2) is 29.1 Å². The highest BCUT2D eigenvalue weighted by molar-refractivity contribution is 7.16. The number of urea groups is 1. The molecule has 1 atom stereocenters. The normalized spacial score (nSPS) is 16.1. The fourth-order valence-electron chi connectivity index (χ4n) is 4.21. The lowest BCUT2D eigenvalue weighted by Gasteiger charge is -2.38. The van der Waals surface area contributed by atoms with Gasteiger partial charge >= 0.3 is 12.0 Å². The summed E-state index contributed by atoms with van der Waals surface area (Å²) in [6.07, 6.45) is 4.40. The molecule has 0 aliphatic heterocycles. The number of thiophene rings is 1. The third kappa shape index (κ3) is 6.03. The summed E-state index contributed by atoms with van der Waals surface area (Å²) in [5, 5.41) is 18.8. The van der Waals surface area contributed by atoms with Crippen LogP contribution in [0.15, 0.2) is 24.3 Å². The quantitative estimate of drug-likeness (QED) is 0.312. The first-order chi connectivity index (χ1) is 16.0. The van der Waals surface area contributed by atoms with Gasteiger partial charge in [-0.25, -0.2) is 9.59 Å². The van der Waals surface area contributed by atoms with Crippen LogP contribution in [-0.2, 0) is 4.79 Å². The zero-order valence-corrected chi connectivity index (χ0v) is 21.7. The zero-order valence-electron chi connectivity index (χ0n) is 19.3. The van der Waals surface area contributed by atoms with Crippen LogP contribution < -0.4 is 16.0 Å². The van der Waals surface area contributed by atoms with Crippen LogP contribution in [0.5, 0.6) is 0 Å². The number of benzene rings is 1. The van der Waals surface area contributed by atoms with Crippen molar-refractivity contribution in [3.05, 3.63) is 44.8 Å². The summed E-state index contributed by atoms with van der Waals surface area (Å²) in [5.74, 6) is -1.48. The summed E-state index contributed by atoms with van der Waals surface area (Å²) >= 11 is 13.5. The Morgan fingerprint density at radius 3 is 2.24 bits per heavy atom. The smallest absolute Gasteiger partial charge is 0.326 e. The fourth-order valence-corrected chi connectivity index (χ4v) is 5.76. The van der Waals surface area contributed by atoms with E-state index in [1.165, 1.54) is 11.3 Å². The molecular weight excluding hydrogens is 497 g/mol. The van der Waals surface area contributed by atoms with Crippen LogP contribution in [0.4, 0.5) is 15.5 Å². The largest absolute Gasteiger partial charge is 0.480 e. The molecule has 34 heavy (non-hydrogen) atoms. The van der Waals surface area contributed by atoms with E-state index in [2.05, 4.69) is 16.0 Å². The monoisotopic (exact) mass is 525 g/mol. The number of carbonyl (C=O) groups excluding carboxylic acids is 2. The van der Waals surface area contributed by atoms with Crippen LogP contribution in [0.25, 0.3) is 0 Å². The van der Waals surface area contributed by atoms with Gasteiger partial charge in [0.15, 0.2) is 0 Å². The molecule has 1 aromatic heterocycles. The molecule has 184 valence electrons. The zero-order chi connectivity index (χ0) is 25.0. The second-order valence-corrected chi connectivity index (χ2v) is 11.1. The van der Waals surface area contributed by atoms with Crippen molar-refractivity contribution < 1.29 is 19.5 Å². The molecule has 0 saturated heterocycles. The lowest BCUT2D eigenvalue weighted by molar-refractivity contribution is -0.143. The first-order valence-electron chi connectivity index (χ1n) is 11.2. The number of carbonyl (C=O) groups is 3. The molecule has 1 saturated carbocycles. The van der Waals surface area contributed by atoms with Gasteiger partial charge in [-0.2, -0.15) is 0 Å². The summed E-state index contributed by atoms with van der Waals surface area (Å²) in [7, 11) is 0. The van der Waals surface area contributed by atoms with Crippen molar-refractivity contribution in [1.82, 2.24) is 5.32 Å². The molecule has 0 bridgehead atoms. The lowest BCUT2D eigenvalue weighted by atomic mass is 9.70. The molecule has 2 aromatic rings. The maximum Gasteiger partial charge on any atom is 0.326 e. The number of amides is 3. The molecule has 1 aliphatic rings. The Morgan fingerprint density at radius 1 is 1.06 bits per heavy atom.